The van der Waals surface area contributed by atoms with Crippen LogP contribution >= 0.6 is 0 Å². The van der Waals surface area contributed by atoms with Gasteiger partial charge >= 0.3 is 0 Å². The first-order valence-corrected chi connectivity index (χ1v) is 8.82. The first kappa shape index (κ1) is 12.4. The molecule has 0 aromatic heterocycles. The lowest BCUT2D eigenvalue weighted by atomic mass is 9.53. The molecule has 4 aliphatic rings. The lowest BCUT2D eigenvalue weighted by molar-refractivity contribution is -0.114. The van der Waals surface area contributed by atoms with Crippen LogP contribution in [0.1, 0.15) is 64.2 Å². The van der Waals surface area contributed by atoms with Gasteiger partial charge < -0.3 is 4.79 Å². The Bertz CT molecular complexity index is 350. The van der Waals surface area contributed by atoms with E-state index in [9.17, 15) is 4.79 Å². The minimum atomic E-state index is 0.403. The predicted molar refractivity (Wildman–Crippen MR) is 76.7 cm³/mol. The highest BCUT2D eigenvalue weighted by atomic mass is 16.1. The topological polar surface area (TPSA) is 17.1 Å². The standard InChI is InChI=1S/C18H28O/c19-11-12-4-7-16-14(10-12)6-9-17-15-3-1-2-13(15)5-8-18(16)17/h11-18H,1-10H2/t12?,13-,14-,15+,16-,17-,18+/m0/s1. The fourth-order valence-electron chi connectivity index (χ4n) is 6.63. The molecule has 1 nitrogen and oxygen atoms in total. The number of hydrogen-bond donors (Lipinski definition) is 0. The summed E-state index contributed by atoms with van der Waals surface area (Å²) in [7, 11) is 0. The molecule has 1 heteroatoms. The number of hydrogen-bond acceptors (Lipinski definition) is 1. The monoisotopic (exact) mass is 260 g/mol. The Labute approximate surface area is 117 Å². The van der Waals surface area contributed by atoms with Crippen molar-refractivity contribution in [1.29, 1.82) is 0 Å². The van der Waals surface area contributed by atoms with E-state index in [4.69, 9.17) is 0 Å². The summed E-state index contributed by atoms with van der Waals surface area (Å²) in [5, 5.41) is 0. The van der Waals surface area contributed by atoms with E-state index in [1.165, 1.54) is 64.1 Å². The average Bonchev–Trinajstić information content (AvgIpc) is 2.94. The third-order valence-corrected chi connectivity index (χ3v) is 7.38. The molecule has 0 N–H and O–H groups in total. The molecule has 0 spiro atoms. The van der Waals surface area contributed by atoms with Crippen LogP contribution in [0.4, 0.5) is 0 Å². The molecule has 0 heterocycles. The fraction of sp³-hybridized carbons (Fsp3) is 0.944. The van der Waals surface area contributed by atoms with E-state index in [1.54, 1.807) is 6.42 Å². The molecule has 19 heavy (non-hydrogen) atoms. The summed E-state index contributed by atoms with van der Waals surface area (Å²) in [6, 6.07) is 0. The van der Waals surface area contributed by atoms with Crippen molar-refractivity contribution < 1.29 is 4.79 Å². The summed E-state index contributed by atoms with van der Waals surface area (Å²) in [4.78, 5) is 11.1. The second kappa shape index (κ2) is 4.90. The molecular weight excluding hydrogens is 232 g/mol. The summed E-state index contributed by atoms with van der Waals surface area (Å²) in [5.41, 5.74) is 0. The highest BCUT2D eigenvalue weighted by Crippen LogP contribution is 2.58. The smallest absolute Gasteiger partial charge is 0.123 e. The van der Waals surface area contributed by atoms with Gasteiger partial charge in [-0.05, 0) is 86.9 Å². The molecule has 0 aliphatic heterocycles. The van der Waals surface area contributed by atoms with Crippen LogP contribution in [0.25, 0.3) is 0 Å². The summed E-state index contributed by atoms with van der Waals surface area (Å²) in [5.74, 6) is 6.63. The minimum absolute atomic E-state index is 0.403. The number of carbonyl (C=O) groups excluding carboxylic acids is 1. The molecular formula is C18H28O. The van der Waals surface area contributed by atoms with Crippen LogP contribution in [0.3, 0.4) is 0 Å². The second-order valence-electron chi connectivity index (χ2n) is 7.97. The molecule has 0 bridgehead atoms. The van der Waals surface area contributed by atoms with Crippen molar-refractivity contribution in [1.82, 2.24) is 0 Å². The molecule has 0 aromatic rings. The quantitative estimate of drug-likeness (QED) is 0.636. The van der Waals surface area contributed by atoms with E-state index in [0.717, 1.165) is 35.5 Å². The maximum absolute atomic E-state index is 11.1. The van der Waals surface area contributed by atoms with Gasteiger partial charge in [0.05, 0.1) is 0 Å². The summed E-state index contributed by atoms with van der Waals surface area (Å²) >= 11 is 0. The van der Waals surface area contributed by atoms with Crippen molar-refractivity contribution in [2.75, 3.05) is 0 Å². The number of fused-ring (bicyclic) bond motifs is 5. The normalized spacial score (nSPS) is 52.9. The third kappa shape index (κ3) is 1.99. The SMILES string of the molecule is O=CC1CC[C@H]2[C@@H](CC[C@@H]3[C@@H]2CC[C@@H]2CCC[C@H]23)C1. The van der Waals surface area contributed by atoms with Crippen LogP contribution in [0, 0.1) is 41.4 Å². The molecule has 106 valence electrons. The van der Waals surface area contributed by atoms with Gasteiger partial charge in [-0.15, -0.1) is 0 Å². The van der Waals surface area contributed by atoms with Crippen molar-refractivity contribution in [3.8, 4) is 0 Å². The molecule has 0 amide bonds. The van der Waals surface area contributed by atoms with Crippen LogP contribution in [0.15, 0.2) is 0 Å². The summed E-state index contributed by atoms with van der Waals surface area (Å²) < 4.78 is 0. The maximum atomic E-state index is 11.1. The molecule has 0 aromatic carbocycles. The van der Waals surface area contributed by atoms with Crippen LogP contribution in [0.5, 0.6) is 0 Å². The van der Waals surface area contributed by atoms with Crippen LogP contribution in [-0.4, -0.2) is 6.29 Å². The average molecular weight is 260 g/mol. The lowest BCUT2D eigenvalue weighted by Crippen LogP contribution is -2.44. The first-order chi connectivity index (χ1) is 9.36. The highest BCUT2D eigenvalue weighted by molar-refractivity contribution is 5.53. The van der Waals surface area contributed by atoms with Crippen molar-refractivity contribution in [3.05, 3.63) is 0 Å². The summed E-state index contributed by atoms with van der Waals surface area (Å²) in [6.07, 6.45) is 15.6. The molecule has 4 saturated carbocycles. The van der Waals surface area contributed by atoms with E-state index in [1.807, 2.05) is 0 Å². The van der Waals surface area contributed by atoms with Gasteiger partial charge in [-0.1, -0.05) is 12.8 Å². The number of carbonyl (C=O) groups is 1. The predicted octanol–water partition coefficient (Wildman–Crippen LogP) is 4.45. The van der Waals surface area contributed by atoms with Gasteiger partial charge in [0.2, 0.25) is 0 Å². The molecule has 4 rings (SSSR count). The Morgan fingerprint density at radius 2 is 1.32 bits per heavy atom. The van der Waals surface area contributed by atoms with Gasteiger partial charge in [-0.2, -0.15) is 0 Å². The molecule has 1 unspecified atom stereocenters. The van der Waals surface area contributed by atoms with Crippen LogP contribution in [0.2, 0.25) is 0 Å². The van der Waals surface area contributed by atoms with Gasteiger partial charge in [0.25, 0.3) is 0 Å². The van der Waals surface area contributed by atoms with Crippen molar-refractivity contribution in [2.45, 2.75) is 64.2 Å². The van der Waals surface area contributed by atoms with Gasteiger partial charge in [-0.3, -0.25) is 0 Å². The van der Waals surface area contributed by atoms with Crippen LogP contribution in [-0.2, 0) is 4.79 Å². The number of aldehydes is 1. The molecule has 4 fully saturated rings. The maximum Gasteiger partial charge on any atom is 0.123 e. The van der Waals surface area contributed by atoms with Gasteiger partial charge in [-0.25, -0.2) is 0 Å². The third-order valence-electron chi connectivity index (χ3n) is 7.38. The van der Waals surface area contributed by atoms with Gasteiger partial charge in [0.15, 0.2) is 0 Å². The lowest BCUT2D eigenvalue weighted by Gasteiger charge is -2.52. The van der Waals surface area contributed by atoms with E-state index < -0.39 is 0 Å². The Hall–Kier alpha value is -0.330. The van der Waals surface area contributed by atoms with E-state index in [2.05, 4.69) is 0 Å². The van der Waals surface area contributed by atoms with Crippen molar-refractivity contribution in [2.24, 2.45) is 41.4 Å². The zero-order valence-electron chi connectivity index (χ0n) is 12.1. The Morgan fingerprint density at radius 3 is 2.11 bits per heavy atom. The highest BCUT2D eigenvalue weighted by Gasteiger charge is 2.49. The van der Waals surface area contributed by atoms with Gasteiger partial charge in [0.1, 0.15) is 6.29 Å². The zero-order valence-corrected chi connectivity index (χ0v) is 12.1. The van der Waals surface area contributed by atoms with Crippen molar-refractivity contribution in [3.63, 3.8) is 0 Å². The Morgan fingerprint density at radius 1 is 0.632 bits per heavy atom. The van der Waals surface area contributed by atoms with E-state index in [-0.39, 0.29) is 0 Å². The molecule has 4 aliphatic carbocycles. The molecule has 0 radical (unpaired) electrons. The Balaban J connectivity index is 1.51. The largest absolute Gasteiger partial charge is 0.303 e. The molecule has 0 saturated heterocycles. The number of rotatable bonds is 1. The van der Waals surface area contributed by atoms with Crippen molar-refractivity contribution >= 4 is 6.29 Å². The Kier molecular flexibility index (Phi) is 3.20. The van der Waals surface area contributed by atoms with Crippen LogP contribution < -0.4 is 0 Å². The summed E-state index contributed by atoms with van der Waals surface area (Å²) in [6.45, 7) is 0. The van der Waals surface area contributed by atoms with E-state index >= 15 is 0 Å². The van der Waals surface area contributed by atoms with E-state index in [0.29, 0.717) is 5.92 Å². The minimum Gasteiger partial charge on any atom is -0.303 e. The fourth-order valence-corrected chi connectivity index (χ4v) is 6.63. The van der Waals surface area contributed by atoms with Gasteiger partial charge in [0, 0.05) is 5.92 Å². The first-order valence-electron chi connectivity index (χ1n) is 8.82. The second-order valence-corrected chi connectivity index (χ2v) is 7.97. The zero-order chi connectivity index (χ0) is 12.8. The molecule has 7 atom stereocenters.